The summed E-state index contributed by atoms with van der Waals surface area (Å²) in [5, 5.41) is 3.31. The molecule has 0 saturated carbocycles. The number of hydrogen-bond donors (Lipinski definition) is 1. The van der Waals surface area contributed by atoms with Gasteiger partial charge in [-0.2, -0.15) is 0 Å². The van der Waals surface area contributed by atoms with E-state index in [0.717, 1.165) is 18.2 Å². The lowest BCUT2D eigenvalue weighted by molar-refractivity contribution is 0.495. The number of nitrogens with zero attached hydrogens (tertiary/aromatic N) is 1. The molecule has 102 valence electrons. The Morgan fingerprint density at radius 1 is 1.21 bits per heavy atom. The lowest BCUT2D eigenvalue weighted by Crippen LogP contribution is -2.21. The summed E-state index contributed by atoms with van der Waals surface area (Å²) >= 11 is 0. The van der Waals surface area contributed by atoms with E-state index < -0.39 is 11.6 Å². The van der Waals surface area contributed by atoms with Crippen molar-refractivity contribution in [3.8, 4) is 0 Å². The van der Waals surface area contributed by atoms with Gasteiger partial charge in [-0.05, 0) is 17.7 Å². The Bertz CT molecular complexity index is 547. The Hall–Kier alpha value is -1.68. The van der Waals surface area contributed by atoms with Crippen LogP contribution in [0.25, 0.3) is 0 Å². The molecule has 0 radical (unpaired) electrons. The number of rotatable bonds is 5. The van der Waals surface area contributed by atoms with Crippen LogP contribution in [0.1, 0.15) is 25.0 Å². The zero-order chi connectivity index (χ0) is 13.8. The van der Waals surface area contributed by atoms with Gasteiger partial charge in [-0.25, -0.2) is 8.78 Å². The van der Waals surface area contributed by atoms with Crippen molar-refractivity contribution < 1.29 is 8.78 Å². The molecule has 2 nitrogen and oxygen atoms in total. The highest BCUT2D eigenvalue weighted by molar-refractivity contribution is 5.20. The van der Waals surface area contributed by atoms with Crippen molar-refractivity contribution >= 4 is 0 Å². The summed E-state index contributed by atoms with van der Waals surface area (Å²) < 4.78 is 28.5. The van der Waals surface area contributed by atoms with Crippen LogP contribution in [-0.2, 0) is 13.1 Å². The maximum Gasteiger partial charge on any atom is 0.163 e. The minimum Gasteiger partial charge on any atom is -0.349 e. The Kier molecular flexibility index (Phi) is 4.32. The Labute approximate surface area is 112 Å². The highest BCUT2D eigenvalue weighted by Crippen LogP contribution is 2.13. The SMILES string of the molecule is CC(C)NCc1ccn(Cc2cccc(F)c2F)c1. The fraction of sp³-hybridized carbons (Fsp3) is 0.333. The molecule has 0 aliphatic rings. The number of aromatic nitrogens is 1. The molecule has 0 aliphatic heterocycles. The van der Waals surface area contributed by atoms with E-state index in [0.29, 0.717) is 18.2 Å². The average Bonchev–Trinajstić information content (AvgIpc) is 2.80. The standard InChI is InChI=1S/C15H18F2N2/c1-11(2)18-8-12-6-7-19(9-12)10-13-4-3-5-14(16)15(13)17/h3-7,9,11,18H,8,10H2,1-2H3. The van der Waals surface area contributed by atoms with Gasteiger partial charge in [-0.3, -0.25) is 0 Å². The van der Waals surface area contributed by atoms with E-state index in [1.165, 1.54) is 6.07 Å². The van der Waals surface area contributed by atoms with Gasteiger partial charge < -0.3 is 9.88 Å². The number of halogens is 2. The van der Waals surface area contributed by atoms with E-state index in [1.54, 1.807) is 6.07 Å². The van der Waals surface area contributed by atoms with Gasteiger partial charge in [-0.15, -0.1) is 0 Å². The summed E-state index contributed by atoms with van der Waals surface area (Å²) in [5.74, 6) is -1.57. The quantitative estimate of drug-likeness (QED) is 0.876. The number of benzene rings is 1. The molecule has 1 heterocycles. The highest BCUT2D eigenvalue weighted by atomic mass is 19.2. The van der Waals surface area contributed by atoms with E-state index in [-0.39, 0.29) is 0 Å². The van der Waals surface area contributed by atoms with Gasteiger partial charge in [0, 0.05) is 37.1 Å². The molecule has 0 fully saturated rings. The predicted octanol–water partition coefficient (Wildman–Crippen LogP) is 3.31. The summed E-state index contributed by atoms with van der Waals surface area (Å²) in [4.78, 5) is 0. The minimum absolute atomic E-state index is 0.339. The van der Waals surface area contributed by atoms with Crippen LogP contribution in [0.15, 0.2) is 36.7 Å². The summed E-state index contributed by atoms with van der Waals surface area (Å²) in [7, 11) is 0. The van der Waals surface area contributed by atoms with Crippen LogP contribution in [-0.4, -0.2) is 10.6 Å². The summed E-state index contributed by atoms with van der Waals surface area (Å²) in [6, 6.07) is 6.66. The van der Waals surface area contributed by atoms with Crippen molar-refractivity contribution in [2.75, 3.05) is 0 Å². The average molecular weight is 264 g/mol. The molecule has 0 unspecified atom stereocenters. The molecule has 0 bridgehead atoms. The molecular formula is C15H18F2N2. The molecule has 0 saturated heterocycles. The lowest BCUT2D eigenvalue weighted by atomic mass is 10.2. The normalized spacial score (nSPS) is 11.2. The molecule has 0 atom stereocenters. The molecule has 1 aromatic heterocycles. The molecule has 2 rings (SSSR count). The molecule has 4 heteroatoms. The Morgan fingerprint density at radius 2 is 2.00 bits per heavy atom. The van der Waals surface area contributed by atoms with E-state index in [2.05, 4.69) is 19.2 Å². The zero-order valence-electron chi connectivity index (χ0n) is 11.2. The molecule has 0 amide bonds. The van der Waals surface area contributed by atoms with Crippen molar-refractivity contribution in [1.82, 2.24) is 9.88 Å². The van der Waals surface area contributed by atoms with Gasteiger partial charge in [0.15, 0.2) is 11.6 Å². The Balaban J connectivity index is 2.05. The maximum atomic E-state index is 13.5. The summed E-state index contributed by atoms with van der Waals surface area (Å²) in [6.07, 6.45) is 3.82. The van der Waals surface area contributed by atoms with Crippen molar-refractivity contribution in [3.05, 3.63) is 59.4 Å². The first kappa shape index (κ1) is 13.7. The van der Waals surface area contributed by atoms with E-state index in [1.807, 2.05) is 23.0 Å². The maximum absolute atomic E-state index is 13.5. The fourth-order valence-electron chi connectivity index (χ4n) is 1.88. The third-order valence-corrected chi connectivity index (χ3v) is 2.91. The molecule has 1 aromatic carbocycles. The monoisotopic (exact) mass is 264 g/mol. The van der Waals surface area contributed by atoms with Crippen molar-refractivity contribution in [1.29, 1.82) is 0 Å². The van der Waals surface area contributed by atoms with Crippen molar-refractivity contribution in [2.24, 2.45) is 0 Å². The third-order valence-electron chi connectivity index (χ3n) is 2.91. The number of hydrogen-bond acceptors (Lipinski definition) is 1. The topological polar surface area (TPSA) is 17.0 Å². The smallest absolute Gasteiger partial charge is 0.163 e. The molecule has 19 heavy (non-hydrogen) atoms. The van der Waals surface area contributed by atoms with Crippen LogP contribution < -0.4 is 5.32 Å². The van der Waals surface area contributed by atoms with Crippen LogP contribution in [0.4, 0.5) is 8.78 Å². The molecule has 1 N–H and O–H groups in total. The highest BCUT2D eigenvalue weighted by Gasteiger charge is 2.08. The second kappa shape index (κ2) is 5.97. The summed E-state index contributed by atoms with van der Waals surface area (Å²) in [6.45, 7) is 5.28. The van der Waals surface area contributed by atoms with Crippen molar-refractivity contribution in [2.45, 2.75) is 33.0 Å². The van der Waals surface area contributed by atoms with Gasteiger partial charge in [0.25, 0.3) is 0 Å². The van der Waals surface area contributed by atoms with Crippen LogP contribution in [0.2, 0.25) is 0 Å². The first-order valence-corrected chi connectivity index (χ1v) is 6.37. The second-order valence-corrected chi connectivity index (χ2v) is 4.94. The zero-order valence-corrected chi connectivity index (χ0v) is 11.2. The molecule has 0 aliphatic carbocycles. The first-order valence-electron chi connectivity index (χ1n) is 6.37. The second-order valence-electron chi connectivity index (χ2n) is 4.94. The van der Waals surface area contributed by atoms with Gasteiger partial charge >= 0.3 is 0 Å². The van der Waals surface area contributed by atoms with E-state index in [9.17, 15) is 8.78 Å². The van der Waals surface area contributed by atoms with E-state index >= 15 is 0 Å². The van der Waals surface area contributed by atoms with Crippen LogP contribution >= 0.6 is 0 Å². The van der Waals surface area contributed by atoms with Crippen LogP contribution in [0.5, 0.6) is 0 Å². The predicted molar refractivity (Wildman–Crippen MR) is 71.9 cm³/mol. The van der Waals surface area contributed by atoms with Crippen molar-refractivity contribution in [3.63, 3.8) is 0 Å². The third kappa shape index (κ3) is 3.64. The van der Waals surface area contributed by atoms with Crippen LogP contribution in [0, 0.1) is 11.6 Å². The molecule has 0 spiro atoms. The number of nitrogens with one attached hydrogen (secondary N) is 1. The van der Waals surface area contributed by atoms with Gasteiger partial charge in [0.2, 0.25) is 0 Å². The summed E-state index contributed by atoms with van der Waals surface area (Å²) in [5.41, 5.74) is 1.49. The first-order chi connectivity index (χ1) is 9.06. The minimum atomic E-state index is -0.800. The Morgan fingerprint density at radius 3 is 2.74 bits per heavy atom. The molecular weight excluding hydrogens is 246 g/mol. The fourth-order valence-corrected chi connectivity index (χ4v) is 1.88. The lowest BCUT2D eigenvalue weighted by Gasteiger charge is -2.07. The van der Waals surface area contributed by atoms with Gasteiger partial charge in [-0.1, -0.05) is 26.0 Å². The van der Waals surface area contributed by atoms with E-state index in [4.69, 9.17) is 0 Å². The van der Waals surface area contributed by atoms with Gasteiger partial charge in [0.1, 0.15) is 0 Å². The largest absolute Gasteiger partial charge is 0.349 e. The van der Waals surface area contributed by atoms with Gasteiger partial charge in [0.05, 0.1) is 0 Å². The van der Waals surface area contributed by atoms with Crippen LogP contribution in [0.3, 0.4) is 0 Å². The molecule has 2 aromatic rings.